The SMILES string of the molecule is CN(C)C(=O)[C@@H]1O[C@H]1[C@H]1COC(C)(C)O1. The highest BCUT2D eigenvalue weighted by molar-refractivity contribution is 5.83. The smallest absolute Gasteiger partial charge is 0.254 e. The summed E-state index contributed by atoms with van der Waals surface area (Å²) in [7, 11) is 3.44. The van der Waals surface area contributed by atoms with Gasteiger partial charge >= 0.3 is 0 Å². The van der Waals surface area contributed by atoms with E-state index in [9.17, 15) is 4.79 Å². The monoisotopic (exact) mass is 215 g/mol. The van der Waals surface area contributed by atoms with Crippen LogP contribution < -0.4 is 0 Å². The van der Waals surface area contributed by atoms with Crippen molar-refractivity contribution in [3.05, 3.63) is 0 Å². The van der Waals surface area contributed by atoms with E-state index in [1.54, 1.807) is 14.1 Å². The maximum atomic E-state index is 11.5. The molecule has 2 rings (SSSR count). The Morgan fingerprint density at radius 1 is 1.40 bits per heavy atom. The zero-order valence-corrected chi connectivity index (χ0v) is 9.52. The van der Waals surface area contributed by atoms with Crippen LogP contribution in [-0.4, -0.2) is 55.6 Å². The normalized spacial score (nSPS) is 37.7. The quantitative estimate of drug-likeness (QED) is 0.608. The first kappa shape index (κ1) is 10.9. The third-order valence-corrected chi connectivity index (χ3v) is 2.61. The van der Waals surface area contributed by atoms with E-state index < -0.39 is 5.79 Å². The lowest BCUT2D eigenvalue weighted by atomic mass is 10.2. The summed E-state index contributed by atoms with van der Waals surface area (Å²) in [5.41, 5.74) is 0. The molecule has 0 unspecified atom stereocenters. The summed E-state index contributed by atoms with van der Waals surface area (Å²) in [6, 6.07) is 0. The molecule has 5 heteroatoms. The lowest BCUT2D eigenvalue weighted by Crippen LogP contribution is -2.31. The van der Waals surface area contributed by atoms with Gasteiger partial charge in [-0.3, -0.25) is 4.79 Å². The molecule has 0 N–H and O–H groups in total. The summed E-state index contributed by atoms with van der Waals surface area (Å²) >= 11 is 0. The predicted octanol–water partition coefficient (Wildman–Crippen LogP) is -0.00650. The maximum Gasteiger partial charge on any atom is 0.254 e. The third-order valence-electron chi connectivity index (χ3n) is 2.61. The number of epoxide rings is 1. The predicted molar refractivity (Wildman–Crippen MR) is 52.3 cm³/mol. The fraction of sp³-hybridized carbons (Fsp3) is 0.900. The molecule has 2 aliphatic rings. The molecule has 3 atom stereocenters. The highest BCUT2D eigenvalue weighted by Gasteiger charge is 2.54. The number of rotatable bonds is 2. The van der Waals surface area contributed by atoms with E-state index in [-0.39, 0.29) is 24.2 Å². The van der Waals surface area contributed by atoms with Crippen LogP contribution in [0.25, 0.3) is 0 Å². The maximum absolute atomic E-state index is 11.5. The zero-order valence-electron chi connectivity index (χ0n) is 9.52. The van der Waals surface area contributed by atoms with Gasteiger partial charge in [0, 0.05) is 14.1 Å². The number of carbonyl (C=O) groups is 1. The van der Waals surface area contributed by atoms with Crippen molar-refractivity contribution >= 4 is 5.91 Å². The first-order chi connectivity index (χ1) is 6.91. The molecule has 1 amide bonds. The minimum Gasteiger partial charge on any atom is -0.356 e. The lowest BCUT2D eigenvalue weighted by molar-refractivity contribution is -0.140. The molecule has 5 nitrogen and oxygen atoms in total. The number of amides is 1. The molecule has 0 radical (unpaired) electrons. The van der Waals surface area contributed by atoms with Crippen LogP contribution in [0.15, 0.2) is 0 Å². The third kappa shape index (κ3) is 2.14. The first-order valence-corrected chi connectivity index (χ1v) is 5.09. The molecule has 0 spiro atoms. The van der Waals surface area contributed by atoms with Crippen molar-refractivity contribution in [2.75, 3.05) is 20.7 Å². The minimum absolute atomic E-state index is 0.00620. The van der Waals surface area contributed by atoms with Gasteiger partial charge in [-0.2, -0.15) is 0 Å². The van der Waals surface area contributed by atoms with Crippen molar-refractivity contribution in [1.29, 1.82) is 0 Å². The molecule has 0 bridgehead atoms. The van der Waals surface area contributed by atoms with E-state index in [4.69, 9.17) is 14.2 Å². The molecule has 0 aliphatic carbocycles. The van der Waals surface area contributed by atoms with Crippen LogP contribution in [0.1, 0.15) is 13.8 Å². The van der Waals surface area contributed by atoms with Gasteiger partial charge in [0.25, 0.3) is 5.91 Å². The average molecular weight is 215 g/mol. The van der Waals surface area contributed by atoms with Crippen molar-refractivity contribution in [2.45, 2.75) is 37.9 Å². The van der Waals surface area contributed by atoms with E-state index in [0.717, 1.165) is 0 Å². The molecule has 2 fully saturated rings. The molecule has 0 aromatic heterocycles. The fourth-order valence-corrected chi connectivity index (χ4v) is 1.74. The number of hydrogen-bond donors (Lipinski definition) is 0. The lowest BCUT2D eigenvalue weighted by Gasteiger charge is -2.16. The van der Waals surface area contributed by atoms with Crippen LogP contribution in [0.3, 0.4) is 0 Å². The number of likely N-dealkylation sites (N-methyl/N-ethyl adjacent to an activating group) is 1. The zero-order chi connectivity index (χ0) is 11.2. The van der Waals surface area contributed by atoms with Gasteiger partial charge in [-0.25, -0.2) is 0 Å². The van der Waals surface area contributed by atoms with Gasteiger partial charge in [0.1, 0.15) is 12.2 Å². The van der Waals surface area contributed by atoms with Gasteiger partial charge in [-0.15, -0.1) is 0 Å². The van der Waals surface area contributed by atoms with Gasteiger partial charge < -0.3 is 19.1 Å². The number of nitrogens with zero attached hydrogens (tertiary/aromatic N) is 1. The molecule has 2 saturated heterocycles. The highest BCUT2D eigenvalue weighted by Crippen LogP contribution is 2.35. The Bertz CT molecular complexity index is 277. The van der Waals surface area contributed by atoms with Crippen LogP contribution in [0.2, 0.25) is 0 Å². The topological polar surface area (TPSA) is 51.3 Å². The number of carbonyl (C=O) groups excluding carboxylic acids is 1. The number of hydrogen-bond acceptors (Lipinski definition) is 4. The van der Waals surface area contributed by atoms with Crippen LogP contribution >= 0.6 is 0 Å². The summed E-state index contributed by atoms with van der Waals surface area (Å²) in [5.74, 6) is -0.559. The summed E-state index contributed by atoms with van der Waals surface area (Å²) in [4.78, 5) is 13.1. The first-order valence-electron chi connectivity index (χ1n) is 5.09. The van der Waals surface area contributed by atoms with Gasteiger partial charge in [0.2, 0.25) is 0 Å². The van der Waals surface area contributed by atoms with Gasteiger partial charge in [0.15, 0.2) is 11.9 Å². The Labute approximate surface area is 89.3 Å². The second-order valence-electron chi connectivity index (χ2n) is 4.62. The highest BCUT2D eigenvalue weighted by atomic mass is 16.8. The van der Waals surface area contributed by atoms with Crippen molar-refractivity contribution in [1.82, 2.24) is 4.90 Å². The Kier molecular flexibility index (Phi) is 2.48. The Hall–Kier alpha value is -0.650. The van der Waals surface area contributed by atoms with Gasteiger partial charge in [0.05, 0.1) is 6.61 Å². The Balaban J connectivity index is 1.87. The van der Waals surface area contributed by atoms with Crippen LogP contribution in [0.5, 0.6) is 0 Å². The summed E-state index contributed by atoms with van der Waals surface area (Å²) in [6.45, 7) is 4.21. The van der Waals surface area contributed by atoms with Crippen molar-refractivity contribution < 1.29 is 19.0 Å². The van der Waals surface area contributed by atoms with E-state index in [1.807, 2.05) is 13.8 Å². The largest absolute Gasteiger partial charge is 0.356 e. The van der Waals surface area contributed by atoms with E-state index in [2.05, 4.69) is 0 Å². The molecule has 2 aliphatic heterocycles. The van der Waals surface area contributed by atoms with Crippen molar-refractivity contribution in [3.8, 4) is 0 Å². The summed E-state index contributed by atoms with van der Waals surface area (Å²) in [5, 5.41) is 0. The second kappa shape index (κ2) is 3.43. The molecule has 0 saturated carbocycles. The average Bonchev–Trinajstić information content (AvgIpc) is 2.84. The molecule has 0 aromatic rings. The Morgan fingerprint density at radius 2 is 2.07 bits per heavy atom. The van der Waals surface area contributed by atoms with Crippen LogP contribution in [0, 0.1) is 0 Å². The molecule has 2 heterocycles. The molecule has 86 valence electrons. The van der Waals surface area contributed by atoms with Crippen LogP contribution in [-0.2, 0) is 19.0 Å². The summed E-state index contributed by atoms with van der Waals surface area (Å²) in [6.07, 6.45) is -0.599. The van der Waals surface area contributed by atoms with Crippen molar-refractivity contribution in [2.24, 2.45) is 0 Å². The standard InChI is InChI=1S/C10H17NO4/c1-10(2)13-5-6(15-10)7-8(14-7)9(12)11(3)4/h6-8H,5H2,1-4H3/t6-,7+,8-/m1/s1. The van der Waals surface area contributed by atoms with Crippen molar-refractivity contribution in [3.63, 3.8) is 0 Å². The number of ether oxygens (including phenoxy) is 3. The van der Waals surface area contributed by atoms with E-state index in [0.29, 0.717) is 6.61 Å². The van der Waals surface area contributed by atoms with E-state index >= 15 is 0 Å². The summed E-state index contributed by atoms with van der Waals surface area (Å²) < 4.78 is 16.4. The van der Waals surface area contributed by atoms with E-state index in [1.165, 1.54) is 4.90 Å². The van der Waals surface area contributed by atoms with Crippen LogP contribution in [0.4, 0.5) is 0 Å². The second-order valence-corrected chi connectivity index (χ2v) is 4.62. The minimum atomic E-state index is -0.553. The van der Waals surface area contributed by atoms with Gasteiger partial charge in [-0.05, 0) is 13.8 Å². The molecular formula is C10H17NO4. The fourth-order valence-electron chi connectivity index (χ4n) is 1.74. The molecular weight excluding hydrogens is 198 g/mol. The molecule has 15 heavy (non-hydrogen) atoms. The molecule has 0 aromatic carbocycles. The van der Waals surface area contributed by atoms with Gasteiger partial charge in [-0.1, -0.05) is 0 Å². The Morgan fingerprint density at radius 3 is 2.53 bits per heavy atom.